The molecule has 0 saturated carbocycles. The van der Waals surface area contributed by atoms with Crippen LogP contribution in [0.5, 0.6) is 0 Å². The van der Waals surface area contributed by atoms with Gasteiger partial charge in [-0.15, -0.1) is 12.4 Å². The summed E-state index contributed by atoms with van der Waals surface area (Å²) in [6.45, 7) is 1.87. The molecule has 12 heavy (non-hydrogen) atoms. The highest BCUT2D eigenvalue weighted by Crippen LogP contribution is 1.99. The summed E-state index contributed by atoms with van der Waals surface area (Å²) in [4.78, 5) is 14.2. The first-order chi connectivity index (χ1) is 5.18. The van der Waals surface area contributed by atoms with Gasteiger partial charge in [0.15, 0.2) is 0 Å². The summed E-state index contributed by atoms with van der Waals surface area (Å²) in [7, 11) is 0. The van der Waals surface area contributed by atoms with E-state index in [1.807, 2.05) is 6.92 Å². The van der Waals surface area contributed by atoms with Gasteiger partial charge in [0.05, 0.1) is 6.42 Å². The van der Waals surface area contributed by atoms with Gasteiger partial charge < -0.3 is 5.11 Å². The Labute approximate surface area is 76.9 Å². The molecule has 0 fully saturated rings. The van der Waals surface area contributed by atoms with Crippen LogP contribution in [0, 0.1) is 6.92 Å². The normalized spacial score (nSPS) is 8.75. The van der Waals surface area contributed by atoms with Crippen molar-refractivity contribution in [3.05, 3.63) is 29.6 Å². The van der Waals surface area contributed by atoms with E-state index in [1.54, 1.807) is 18.3 Å². The minimum Gasteiger partial charge on any atom is -0.481 e. The maximum atomic E-state index is 10.2. The van der Waals surface area contributed by atoms with Crippen molar-refractivity contribution in [1.29, 1.82) is 0 Å². The van der Waals surface area contributed by atoms with Crippen LogP contribution in [0.1, 0.15) is 11.3 Å². The summed E-state index contributed by atoms with van der Waals surface area (Å²) in [5, 5.41) is 8.41. The van der Waals surface area contributed by atoms with E-state index in [9.17, 15) is 4.79 Å². The van der Waals surface area contributed by atoms with E-state index in [1.165, 1.54) is 0 Å². The Morgan fingerprint density at radius 1 is 1.58 bits per heavy atom. The van der Waals surface area contributed by atoms with Crippen LogP contribution in [0.2, 0.25) is 0 Å². The van der Waals surface area contributed by atoms with Gasteiger partial charge in [-0.3, -0.25) is 9.78 Å². The van der Waals surface area contributed by atoms with Crippen molar-refractivity contribution < 1.29 is 9.90 Å². The van der Waals surface area contributed by atoms with Gasteiger partial charge in [-0.25, -0.2) is 0 Å². The first-order valence-electron chi connectivity index (χ1n) is 3.32. The Kier molecular flexibility index (Phi) is 4.29. The molecule has 0 amide bonds. The Balaban J connectivity index is 0.00000121. The van der Waals surface area contributed by atoms with Gasteiger partial charge >= 0.3 is 5.97 Å². The maximum absolute atomic E-state index is 10.2. The van der Waals surface area contributed by atoms with Crippen molar-refractivity contribution in [3.63, 3.8) is 0 Å². The van der Waals surface area contributed by atoms with Crippen molar-refractivity contribution in [2.75, 3.05) is 0 Å². The predicted molar refractivity (Wildman–Crippen MR) is 47.6 cm³/mol. The molecule has 0 aliphatic rings. The fourth-order valence-corrected chi connectivity index (χ4v) is 0.778. The number of nitrogens with zero attached hydrogens (tertiary/aromatic N) is 1. The number of hydrogen-bond donors (Lipinski definition) is 1. The second-order valence-electron chi connectivity index (χ2n) is 2.38. The van der Waals surface area contributed by atoms with Crippen LogP contribution in [-0.4, -0.2) is 16.1 Å². The number of carboxylic acids is 1. The summed E-state index contributed by atoms with van der Waals surface area (Å²) in [6, 6.07) is 3.58. The number of hydrogen-bond acceptors (Lipinski definition) is 2. The number of aliphatic carboxylic acids is 1. The third-order valence-corrected chi connectivity index (χ3v) is 1.33. The lowest BCUT2D eigenvalue weighted by Gasteiger charge is -1.95. The fourth-order valence-electron chi connectivity index (χ4n) is 0.778. The van der Waals surface area contributed by atoms with Crippen LogP contribution in [0.15, 0.2) is 18.3 Å². The molecule has 0 radical (unpaired) electrons. The topological polar surface area (TPSA) is 50.2 Å². The second-order valence-corrected chi connectivity index (χ2v) is 2.38. The van der Waals surface area contributed by atoms with Gasteiger partial charge in [-0.2, -0.15) is 0 Å². The lowest BCUT2D eigenvalue weighted by atomic mass is 10.2. The highest BCUT2D eigenvalue weighted by Gasteiger charge is 1.98. The van der Waals surface area contributed by atoms with Crippen LogP contribution in [0.25, 0.3) is 0 Å². The van der Waals surface area contributed by atoms with Gasteiger partial charge in [-0.05, 0) is 18.6 Å². The second kappa shape index (κ2) is 4.72. The van der Waals surface area contributed by atoms with Crippen molar-refractivity contribution in [3.8, 4) is 0 Å². The van der Waals surface area contributed by atoms with Crippen LogP contribution in [-0.2, 0) is 11.2 Å². The van der Waals surface area contributed by atoms with E-state index in [2.05, 4.69) is 4.98 Å². The zero-order valence-electron chi connectivity index (χ0n) is 6.65. The SMILES string of the molecule is Cc1ccc(CC(=O)O)cn1.Cl. The molecule has 0 aromatic carbocycles. The average molecular weight is 188 g/mol. The van der Waals surface area contributed by atoms with Gasteiger partial charge in [0.1, 0.15) is 0 Å². The van der Waals surface area contributed by atoms with Gasteiger partial charge in [0.25, 0.3) is 0 Å². The minimum atomic E-state index is -0.823. The predicted octanol–water partition coefficient (Wildman–Crippen LogP) is 1.44. The molecule has 0 bridgehead atoms. The number of aryl methyl sites for hydroxylation is 1. The average Bonchev–Trinajstić information content (AvgIpc) is 1.93. The van der Waals surface area contributed by atoms with Crippen LogP contribution in [0.3, 0.4) is 0 Å². The van der Waals surface area contributed by atoms with Crippen molar-refractivity contribution in [1.82, 2.24) is 4.98 Å². The zero-order valence-corrected chi connectivity index (χ0v) is 7.47. The van der Waals surface area contributed by atoms with E-state index < -0.39 is 5.97 Å². The number of rotatable bonds is 2. The molecule has 0 unspecified atom stereocenters. The Morgan fingerprint density at radius 2 is 2.25 bits per heavy atom. The maximum Gasteiger partial charge on any atom is 0.307 e. The smallest absolute Gasteiger partial charge is 0.307 e. The summed E-state index contributed by atoms with van der Waals surface area (Å²) < 4.78 is 0. The summed E-state index contributed by atoms with van der Waals surface area (Å²) in [5.74, 6) is -0.823. The van der Waals surface area contributed by atoms with E-state index in [-0.39, 0.29) is 18.8 Å². The third kappa shape index (κ3) is 3.34. The van der Waals surface area contributed by atoms with Crippen LogP contribution >= 0.6 is 12.4 Å². The Hall–Kier alpha value is -1.09. The molecule has 0 aliphatic carbocycles. The molecule has 1 rings (SSSR count). The highest BCUT2D eigenvalue weighted by atomic mass is 35.5. The lowest BCUT2D eigenvalue weighted by molar-refractivity contribution is -0.136. The number of halogens is 1. The number of aromatic nitrogens is 1. The van der Waals surface area contributed by atoms with Crippen LogP contribution < -0.4 is 0 Å². The molecule has 0 spiro atoms. The molecule has 3 nitrogen and oxygen atoms in total. The van der Waals surface area contributed by atoms with E-state index in [0.29, 0.717) is 0 Å². The molecular weight excluding hydrogens is 178 g/mol. The Bertz CT molecular complexity index is 258. The van der Waals surface area contributed by atoms with Gasteiger partial charge in [0, 0.05) is 11.9 Å². The first kappa shape index (κ1) is 10.9. The largest absolute Gasteiger partial charge is 0.481 e. The van der Waals surface area contributed by atoms with E-state index in [4.69, 9.17) is 5.11 Å². The third-order valence-electron chi connectivity index (χ3n) is 1.33. The lowest BCUT2D eigenvalue weighted by Crippen LogP contribution is -2.00. The quantitative estimate of drug-likeness (QED) is 0.762. The Morgan fingerprint density at radius 3 is 2.67 bits per heavy atom. The molecule has 0 aliphatic heterocycles. The molecule has 1 N–H and O–H groups in total. The summed E-state index contributed by atoms with van der Waals surface area (Å²) in [5.41, 5.74) is 1.64. The summed E-state index contributed by atoms with van der Waals surface area (Å²) in [6.07, 6.45) is 1.64. The zero-order chi connectivity index (χ0) is 8.27. The molecule has 1 aromatic rings. The minimum absolute atomic E-state index is 0. The van der Waals surface area contributed by atoms with Gasteiger partial charge in [-0.1, -0.05) is 6.07 Å². The van der Waals surface area contributed by atoms with Crippen molar-refractivity contribution in [2.45, 2.75) is 13.3 Å². The monoisotopic (exact) mass is 187 g/mol. The number of carbonyl (C=O) groups is 1. The van der Waals surface area contributed by atoms with Crippen molar-refractivity contribution >= 4 is 18.4 Å². The van der Waals surface area contributed by atoms with E-state index in [0.717, 1.165) is 11.3 Å². The van der Waals surface area contributed by atoms with Gasteiger partial charge in [0.2, 0.25) is 0 Å². The molecule has 1 heterocycles. The molecule has 0 saturated heterocycles. The molecule has 1 aromatic heterocycles. The van der Waals surface area contributed by atoms with E-state index >= 15 is 0 Å². The fraction of sp³-hybridized carbons (Fsp3) is 0.250. The summed E-state index contributed by atoms with van der Waals surface area (Å²) >= 11 is 0. The number of pyridine rings is 1. The molecule has 66 valence electrons. The van der Waals surface area contributed by atoms with Crippen LogP contribution in [0.4, 0.5) is 0 Å². The molecule has 0 atom stereocenters. The van der Waals surface area contributed by atoms with Crippen molar-refractivity contribution in [2.24, 2.45) is 0 Å². The number of carboxylic acid groups (broad SMARTS) is 1. The first-order valence-corrected chi connectivity index (χ1v) is 3.32. The standard InChI is InChI=1S/C8H9NO2.ClH/c1-6-2-3-7(5-9-6)4-8(10)11;/h2-3,5H,4H2,1H3,(H,10,11);1H. The highest BCUT2D eigenvalue weighted by molar-refractivity contribution is 5.85. The molecule has 4 heteroatoms. The molecular formula is C8H10ClNO2.